The summed E-state index contributed by atoms with van der Waals surface area (Å²) in [5.41, 5.74) is 12.1. The average Bonchev–Trinajstić information content (AvgIpc) is 1.93. The molecule has 4 N–H and O–H groups in total. The highest BCUT2D eigenvalue weighted by molar-refractivity contribution is 5.63. The van der Waals surface area contributed by atoms with E-state index in [1.807, 2.05) is 0 Å². The van der Waals surface area contributed by atoms with Crippen LogP contribution in [-0.2, 0) is 0 Å². The Hall–Kier alpha value is -1.45. The maximum Gasteiger partial charge on any atom is 0.214 e. The van der Waals surface area contributed by atoms with Gasteiger partial charge in [0.05, 0.1) is 5.69 Å². The highest BCUT2D eigenvalue weighted by atomic mass is 16.5. The smallest absolute Gasteiger partial charge is 0.214 e. The zero-order valence-corrected chi connectivity index (χ0v) is 5.66. The summed E-state index contributed by atoms with van der Waals surface area (Å²) in [7, 11) is 0. The summed E-state index contributed by atoms with van der Waals surface area (Å²) in [4.78, 5) is 0. The summed E-state index contributed by atoms with van der Waals surface area (Å²) < 4.78 is 0.686. The number of nitrogens with zero attached hydrogens (tertiary/aromatic N) is 1. The zero-order chi connectivity index (χ0) is 7.72. The van der Waals surface area contributed by atoms with Crippen LogP contribution in [-0.4, -0.2) is 0 Å². The van der Waals surface area contributed by atoms with Crippen molar-refractivity contribution in [1.82, 2.24) is 0 Å². The first-order valence-electron chi connectivity index (χ1n) is 2.86. The van der Waals surface area contributed by atoms with Crippen molar-refractivity contribution in [3.63, 3.8) is 0 Å². The third kappa shape index (κ3) is 0.834. The highest BCUT2D eigenvalue weighted by Crippen LogP contribution is 2.13. The molecule has 0 atom stereocenters. The van der Waals surface area contributed by atoms with Gasteiger partial charge in [-0.25, -0.2) is 0 Å². The van der Waals surface area contributed by atoms with Crippen LogP contribution in [0.2, 0.25) is 0 Å². The summed E-state index contributed by atoms with van der Waals surface area (Å²) in [6, 6.07) is 1.48. The van der Waals surface area contributed by atoms with Crippen LogP contribution in [0.15, 0.2) is 12.3 Å². The van der Waals surface area contributed by atoms with Gasteiger partial charge in [-0.05, 0) is 0 Å². The van der Waals surface area contributed by atoms with Crippen molar-refractivity contribution in [2.75, 3.05) is 11.5 Å². The van der Waals surface area contributed by atoms with Crippen molar-refractivity contribution in [3.05, 3.63) is 23.2 Å². The molecule has 0 aliphatic carbocycles. The molecule has 0 fully saturated rings. The summed E-state index contributed by atoms with van der Waals surface area (Å²) in [5, 5.41) is 10.8. The maximum absolute atomic E-state index is 10.8. The van der Waals surface area contributed by atoms with Crippen LogP contribution in [0.5, 0.6) is 0 Å². The second-order valence-electron chi connectivity index (χ2n) is 2.10. The van der Waals surface area contributed by atoms with Gasteiger partial charge in [-0.2, -0.15) is 4.73 Å². The summed E-state index contributed by atoms with van der Waals surface area (Å²) in [5.74, 6) is 0. The minimum atomic E-state index is 0.359. The second-order valence-corrected chi connectivity index (χ2v) is 2.10. The first-order valence-corrected chi connectivity index (χ1v) is 2.86. The number of nitrogens with two attached hydrogens (primary N) is 2. The Morgan fingerprint density at radius 3 is 2.60 bits per heavy atom. The van der Waals surface area contributed by atoms with E-state index < -0.39 is 0 Å². The van der Waals surface area contributed by atoms with Crippen molar-refractivity contribution in [3.8, 4) is 0 Å². The minimum Gasteiger partial charge on any atom is -0.618 e. The summed E-state index contributed by atoms with van der Waals surface area (Å²) >= 11 is 0. The van der Waals surface area contributed by atoms with Crippen molar-refractivity contribution in [1.29, 1.82) is 0 Å². The van der Waals surface area contributed by atoms with E-state index in [0.717, 1.165) is 0 Å². The molecular weight excluding hydrogens is 130 g/mol. The van der Waals surface area contributed by atoms with Gasteiger partial charge in [0.15, 0.2) is 6.20 Å². The fraction of sp³-hybridized carbons (Fsp3) is 0.167. The Balaban J connectivity index is 3.34. The van der Waals surface area contributed by atoms with Gasteiger partial charge in [0.25, 0.3) is 0 Å². The molecular formula is C6H9N3O. The minimum absolute atomic E-state index is 0.359. The number of aromatic nitrogens is 1. The number of pyridine rings is 1. The Labute approximate surface area is 58.7 Å². The Kier molecular flexibility index (Phi) is 1.37. The van der Waals surface area contributed by atoms with Gasteiger partial charge in [0.2, 0.25) is 5.69 Å². The van der Waals surface area contributed by atoms with Gasteiger partial charge in [-0.3, -0.25) is 0 Å². The third-order valence-corrected chi connectivity index (χ3v) is 1.42. The molecule has 0 amide bonds. The first-order chi connectivity index (χ1) is 4.63. The van der Waals surface area contributed by atoms with Gasteiger partial charge in [-0.1, -0.05) is 0 Å². The number of hydrogen-bond donors (Lipinski definition) is 2. The molecule has 0 saturated heterocycles. The standard InChI is InChI=1S/C6H9N3O/c1-4-6(8)5(7)2-3-9(4)10/h2-3H,7-8H2,1H3. The molecule has 54 valence electrons. The molecule has 4 heteroatoms. The lowest BCUT2D eigenvalue weighted by Gasteiger charge is -2.03. The topological polar surface area (TPSA) is 79.0 Å². The van der Waals surface area contributed by atoms with E-state index >= 15 is 0 Å². The van der Waals surface area contributed by atoms with Gasteiger partial charge in [-0.15, -0.1) is 0 Å². The van der Waals surface area contributed by atoms with Crippen molar-refractivity contribution >= 4 is 11.4 Å². The van der Waals surface area contributed by atoms with Crippen molar-refractivity contribution in [2.24, 2.45) is 0 Å². The molecule has 0 bridgehead atoms. The molecule has 4 nitrogen and oxygen atoms in total. The Morgan fingerprint density at radius 1 is 1.50 bits per heavy atom. The fourth-order valence-corrected chi connectivity index (χ4v) is 0.677. The molecule has 0 radical (unpaired) electrons. The lowest BCUT2D eigenvalue weighted by atomic mass is 10.3. The summed E-state index contributed by atoms with van der Waals surface area (Å²) in [6.07, 6.45) is 1.33. The predicted molar refractivity (Wildman–Crippen MR) is 39.0 cm³/mol. The van der Waals surface area contributed by atoms with E-state index in [-0.39, 0.29) is 0 Å². The maximum atomic E-state index is 10.8. The monoisotopic (exact) mass is 139 g/mol. The number of rotatable bonds is 0. The normalized spacial score (nSPS) is 9.70. The van der Waals surface area contributed by atoms with Crippen LogP contribution < -0.4 is 16.2 Å². The highest BCUT2D eigenvalue weighted by Gasteiger charge is 2.05. The van der Waals surface area contributed by atoms with E-state index in [1.165, 1.54) is 12.3 Å². The van der Waals surface area contributed by atoms with E-state index in [9.17, 15) is 5.21 Å². The van der Waals surface area contributed by atoms with Gasteiger partial charge >= 0.3 is 0 Å². The lowest BCUT2D eigenvalue weighted by molar-refractivity contribution is -0.611. The SMILES string of the molecule is Cc1c(N)c(N)cc[n+]1[O-]. The Morgan fingerprint density at radius 2 is 2.10 bits per heavy atom. The van der Waals surface area contributed by atoms with Gasteiger partial charge in [0, 0.05) is 13.0 Å². The van der Waals surface area contributed by atoms with Crippen molar-refractivity contribution < 1.29 is 4.73 Å². The van der Waals surface area contributed by atoms with E-state index in [2.05, 4.69) is 0 Å². The molecule has 0 spiro atoms. The molecule has 0 saturated carbocycles. The molecule has 1 aromatic heterocycles. The van der Waals surface area contributed by atoms with Crippen LogP contribution >= 0.6 is 0 Å². The molecule has 10 heavy (non-hydrogen) atoms. The predicted octanol–water partition coefficient (Wildman–Crippen LogP) is -0.207. The number of anilines is 2. The third-order valence-electron chi connectivity index (χ3n) is 1.42. The van der Waals surface area contributed by atoms with Crippen LogP contribution in [0.25, 0.3) is 0 Å². The first kappa shape index (κ1) is 6.67. The van der Waals surface area contributed by atoms with Gasteiger partial charge in [0.1, 0.15) is 5.69 Å². The van der Waals surface area contributed by atoms with E-state index in [0.29, 0.717) is 21.8 Å². The molecule has 1 heterocycles. The second kappa shape index (κ2) is 2.06. The molecule has 0 unspecified atom stereocenters. The molecule has 0 aliphatic rings. The quantitative estimate of drug-likeness (QED) is 0.385. The Bertz CT molecular complexity index is 232. The molecule has 1 aromatic rings. The summed E-state index contributed by atoms with van der Waals surface area (Å²) in [6.45, 7) is 1.62. The van der Waals surface area contributed by atoms with Crippen molar-refractivity contribution in [2.45, 2.75) is 6.92 Å². The van der Waals surface area contributed by atoms with Crippen LogP contribution in [0.1, 0.15) is 5.69 Å². The molecule has 0 aromatic carbocycles. The largest absolute Gasteiger partial charge is 0.618 e. The number of nitrogen functional groups attached to an aromatic ring is 2. The molecule has 1 rings (SSSR count). The van der Waals surface area contributed by atoms with Crippen LogP contribution in [0.3, 0.4) is 0 Å². The van der Waals surface area contributed by atoms with E-state index in [1.54, 1.807) is 6.92 Å². The average molecular weight is 139 g/mol. The number of hydrogen-bond acceptors (Lipinski definition) is 3. The fourth-order valence-electron chi connectivity index (χ4n) is 0.677. The lowest BCUT2D eigenvalue weighted by Crippen LogP contribution is -2.30. The zero-order valence-electron chi connectivity index (χ0n) is 5.66. The van der Waals surface area contributed by atoms with Gasteiger partial charge < -0.3 is 16.7 Å². The van der Waals surface area contributed by atoms with Crippen LogP contribution in [0, 0.1) is 12.1 Å². The van der Waals surface area contributed by atoms with Crippen LogP contribution in [0.4, 0.5) is 11.4 Å². The van der Waals surface area contributed by atoms with E-state index in [4.69, 9.17) is 11.5 Å². The molecule has 0 aliphatic heterocycles.